The molecule has 2 rings (SSSR count). The number of ether oxygens (including phenoxy) is 1. The normalized spacial score (nSPS) is 13.6. The van der Waals surface area contributed by atoms with Gasteiger partial charge in [0.1, 0.15) is 5.75 Å². The topological polar surface area (TPSA) is 65.4 Å². The summed E-state index contributed by atoms with van der Waals surface area (Å²) in [6.07, 6.45) is 0. The van der Waals surface area contributed by atoms with Gasteiger partial charge in [-0.25, -0.2) is 0 Å². The largest absolute Gasteiger partial charge is 0.482 e. The summed E-state index contributed by atoms with van der Waals surface area (Å²) < 4.78 is 5.27. The second-order valence-electron chi connectivity index (χ2n) is 4.00. The van der Waals surface area contributed by atoms with Crippen LogP contribution in [0.25, 0.3) is 0 Å². The van der Waals surface area contributed by atoms with E-state index in [1.165, 1.54) is 0 Å². The fraction of sp³-hybridized carbons (Fsp3) is 0.333. The lowest BCUT2D eigenvalue weighted by Crippen LogP contribution is -2.25. The Morgan fingerprint density at radius 1 is 1.59 bits per heavy atom. The predicted molar refractivity (Wildman–Crippen MR) is 62.5 cm³/mol. The lowest BCUT2D eigenvalue weighted by atomic mass is 10.1. The number of carbonyl (C=O) groups excluding carboxylic acids is 1. The SMILES string of the molecule is CN(CC#N)Cc1ccc2c(c1)NC(=O)CO2. The number of fused-ring (bicyclic) bond motifs is 1. The first kappa shape index (κ1) is 11.4. The van der Waals surface area contributed by atoms with Gasteiger partial charge in [0, 0.05) is 6.54 Å². The van der Waals surface area contributed by atoms with Gasteiger partial charge in [0.25, 0.3) is 5.91 Å². The zero-order valence-electron chi connectivity index (χ0n) is 9.56. The van der Waals surface area contributed by atoms with Gasteiger partial charge < -0.3 is 10.1 Å². The highest BCUT2D eigenvalue weighted by Gasteiger charge is 2.15. The van der Waals surface area contributed by atoms with Crippen molar-refractivity contribution in [2.75, 3.05) is 25.5 Å². The van der Waals surface area contributed by atoms with E-state index in [4.69, 9.17) is 10.00 Å². The van der Waals surface area contributed by atoms with E-state index in [0.717, 1.165) is 5.56 Å². The molecular formula is C12H13N3O2. The van der Waals surface area contributed by atoms with E-state index in [1.807, 2.05) is 30.1 Å². The molecule has 0 spiro atoms. The molecule has 0 saturated carbocycles. The van der Waals surface area contributed by atoms with Crippen LogP contribution in [0.2, 0.25) is 0 Å². The van der Waals surface area contributed by atoms with Crippen LogP contribution in [0.1, 0.15) is 5.56 Å². The van der Waals surface area contributed by atoms with Crippen LogP contribution >= 0.6 is 0 Å². The molecule has 17 heavy (non-hydrogen) atoms. The number of amides is 1. The summed E-state index contributed by atoms with van der Waals surface area (Å²) in [6, 6.07) is 7.74. The van der Waals surface area contributed by atoms with Gasteiger partial charge in [0.2, 0.25) is 0 Å². The monoisotopic (exact) mass is 231 g/mol. The first-order chi connectivity index (χ1) is 8.19. The molecular weight excluding hydrogens is 218 g/mol. The number of nitrogens with zero attached hydrogens (tertiary/aromatic N) is 2. The number of rotatable bonds is 3. The first-order valence-corrected chi connectivity index (χ1v) is 5.30. The Hall–Kier alpha value is -2.06. The standard InChI is InChI=1S/C12H13N3O2/c1-15(5-4-13)7-9-2-3-11-10(6-9)14-12(16)8-17-11/h2-3,6H,5,7-8H2,1H3,(H,14,16). The van der Waals surface area contributed by atoms with Crippen molar-refractivity contribution in [1.82, 2.24) is 4.90 Å². The van der Waals surface area contributed by atoms with Gasteiger partial charge in [-0.3, -0.25) is 9.69 Å². The Morgan fingerprint density at radius 2 is 2.41 bits per heavy atom. The minimum atomic E-state index is -0.139. The zero-order valence-corrected chi connectivity index (χ0v) is 9.56. The lowest BCUT2D eigenvalue weighted by Gasteiger charge is -2.19. The lowest BCUT2D eigenvalue weighted by molar-refractivity contribution is -0.118. The molecule has 0 unspecified atom stereocenters. The van der Waals surface area contributed by atoms with Crippen molar-refractivity contribution in [3.05, 3.63) is 23.8 Å². The van der Waals surface area contributed by atoms with E-state index < -0.39 is 0 Å². The Labute approximate surface area is 99.6 Å². The van der Waals surface area contributed by atoms with Gasteiger partial charge in [0.15, 0.2) is 6.61 Å². The van der Waals surface area contributed by atoms with Gasteiger partial charge in [0.05, 0.1) is 18.3 Å². The Balaban J connectivity index is 2.13. The van der Waals surface area contributed by atoms with Crippen LogP contribution in [0.15, 0.2) is 18.2 Å². The molecule has 0 aromatic heterocycles. The van der Waals surface area contributed by atoms with Crippen molar-refractivity contribution in [2.24, 2.45) is 0 Å². The molecule has 5 nitrogen and oxygen atoms in total. The summed E-state index contributed by atoms with van der Waals surface area (Å²) in [5, 5.41) is 11.3. The zero-order chi connectivity index (χ0) is 12.3. The highest BCUT2D eigenvalue weighted by atomic mass is 16.5. The smallest absolute Gasteiger partial charge is 0.262 e. The van der Waals surface area contributed by atoms with Crippen molar-refractivity contribution < 1.29 is 9.53 Å². The summed E-state index contributed by atoms with van der Waals surface area (Å²) in [5.74, 6) is 0.552. The number of benzene rings is 1. The van der Waals surface area contributed by atoms with Crippen LogP contribution in [-0.4, -0.2) is 31.0 Å². The van der Waals surface area contributed by atoms with E-state index in [-0.39, 0.29) is 12.5 Å². The average Bonchev–Trinajstić information content (AvgIpc) is 2.28. The fourth-order valence-electron chi connectivity index (χ4n) is 1.72. The molecule has 88 valence electrons. The molecule has 1 heterocycles. The van der Waals surface area contributed by atoms with Gasteiger partial charge in [-0.15, -0.1) is 0 Å². The molecule has 0 aliphatic carbocycles. The molecule has 1 N–H and O–H groups in total. The van der Waals surface area contributed by atoms with Crippen LogP contribution in [-0.2, 0) is 11.3 Å². The number of anilines is 1. The molecule has 1 aromatic rings. The summed E-state index contributed by atoms with van der Waals surface area (Å²) >= 11 is 0. The van der Waals surface area contributed by atoms with E-state index >= 15 is 0 Å². The molecule has 0 bridgehead atoms. The van der Waals surface area contributed by atoms with Crippen LogP contribution in [0.4, 0.5) is 5.69 Å². The van der Waals surface area contributed by atoms with Crippen molar-refractivity contribution in [1.29, 1.82) is 5.26 Å². The maximum atomic E-state index is 11.2. The molecule has 0 fully saturated rings. The summed E-state index contributed by atoms with van der Waals surface area (Å²) in [4.78, 5) is 13.1. The number of carbonyl (C=O) groups is 1. The maximum Gasteiger partial charge on any atom is 0.262 e. The van der Waals surface area contributed by atoms with Crippen molar-refractivity contribution >= 4 is 11.6 Å². The molecule has 1 aliphatic heterocycles. The van der Waals surface area contributed by atoms with Crippen LogP contribution in [0.5, 0.6) is 5.75 Å². The second kappa shape index (κ2) is 4.85. The molecule has 0 saturated heterocycles. The third-order valence-corrected chi connectivity index (χ3v) is 2.47. The third kappa shape index (κ3) is 2.74. The van der Waals surface area contributed by atoms with Crippen LogP contribution < -0.4 is 10.1 Å². The Morgan fingerprint density at radius 3 is 3.18 bits per heavy atom. The van der Waals surface area contributed by atoms with Gasteiger partial charge in [-0.1, -0.05) is 6.07 Å². The van der Waals surface area contributed by atoms with E-state index in [1.54, 1.807) is 0 Å². The van der Waals surface area contributed by atoms with E-state index in [0.29, 0.717) is 24.5 Å². The number of hydrogen-bond donors (Lipinski definition) is 1. The van der Waals surface area contributed by atoms with Crippen molar-refractivity contribution in [2.45, 2.75) is 6.54 Å². The predicted octanol–water partition coefficient (Wildman–Crippen LogP) is 0.973. The van der Waals surface area contributed by atoms with Gasteiger partial charge in [-0.05, 0) is 24.7 Å². The van der Waals surface area contributed by atoms with Crippen LogP contribution in [0.3, 0.4) is 0 Å². The number of nitrogens with one attached hydrogen (secondary N) is 1. The molecule has 5 heteroatoms. The number of nitriles is 1. The summed E-state index contributed by atoms with van der Waals surface area (Å²) in [6.45, 7) is 1.11. The number of hydrogen-bond acceptors (Lipinski definition) is 4. The molecule has 1 amide bonds. The second-order valence-corrected chi connectivity index (χ2v) is 4.00. The first-order valence-electron chi connectivity index (χ1n) is 5.30. The highest BCUT2D eigenvalue weighted by molar-refractivity contribution is 5.95. The quantitative estimate of drug-likeness (QED) is 0.787. The average molecular weight is 231 g/mol. The highest BCUT2D eigenvalue weighted by Crippen LogP contribution is 2.28. The Bertz CT molecular complexity index is 479. The molecule has 0 radical (unpaired) electrons. The molecule has 1 aliphatic rings. The fourth-order valence-corrected chi connectivity index (χ4v) is 1.72. The molecule has 1 aromatic carbocycles. The Kier molecular flexibility index (Phi) is 3.26. The van der Waals surface area contributed by atoms with Crippen LogP contribution in [0, 0.1) is 11.3 Å². The van der Waals surface area contributed by atoms with Gasteiger partial charge >= 0.3 is 0 Å². The van der Waals surface area contributed by atoms with E-state index in [2.05, 4.69) is 11.4 Å². The van der Waals surface area contributed by atoms with Crippen molar-refractivity contribution in [3.8, 4) is 11.8 Å². The molecule has 0 atom stereocenters. The summed E-state index contributed by atoms with van der Waals surface area (Å²) in [5.41, 5.74) is 1.73. The van der Waals surface area contributed by atoms with E-state index in [9.17, 15) is 4.79 Å². The maximum absolute atomic E-state index is 11.2. The summed E-state index contributed by atoms with van der Waals surface area (Å²) in [7, 11) is 1.87. The van der Waals surface area contributed by atoms with Crippen molar-refractivity contribution in [3.63, 3.8) is 0 Å². The minimum Gasteiger partial charge on any atom is -0.482 e. The third-order valence-electron chi connectivity index (χ3n) is 2.47. The minimum absolute atomic E-state index is 0.0701. The van der Waals surface area contributed by atoms with Gasteiger partial charge in [-0.2, -0.15) is 5.26 Å².